The summed E-state index contributed by atoms with van der Waals surface area (Å²) in [6.07, 6.45) is 0.739. The van der Waals surface area contributed by atoms with E-state index in [1.165, 1.54) is 0 Å². The van der Waals surface area contributed by atoms with Gasteiger partial charge in [0, 0.05) is 0 Å². The van der Waals surface area contributed by atoms with Crippen LogP contribution in [0.15, 0.2) is 60.7 Å². The van der Waals surface area contributed by atoms with Crippen molar-refractivity contribution in [2.24, 2.45) is 0 Å². The van der Waals surface area contributed by atoms with Crippen LogP contribution in [0.2, 0.25) is 0 Å². The molecule has 0 spiro atoms. The molecule has 0 unspecified atom stereocenters. The van der Waals surface area contributed by atoms with Crippen LogP contribution in [0.4, 0.5) is 0 Å². The van der Waals surface area contributed by atoms with Crippen LogP contribution in [-0.4, -0.2) is 6.16 Å². The molecule has 0 amide bonds. The van der Waals surface area contributed by atoms with Crippen LogP contribution < -0.4 is 10.6 Å². The van der Waals surface area contributed by atoms with E-state index in [0.717, 1.165) is 16.8 Å². The molecule has 3 heteroatoms. The van der Waals surface area contributed by atoms with E-state index in [9.17, 15) is 0 Å². The second kappa shape index (κ2) is 4.61. The van der Waals surface area contributed by atoms with E-state index in [0.29, 0.717) is 0 Å². The fraction of sp³-hybridized carbons (Fsp3) is 0.143. The molecular weight excluding hydrogens is 270 g/mol. The molecule has 0 N–H and O–H groups in total. The van der Waals surface area contributed by atoms with Crippen LogP contribution in [0.1, 0.15) is 6.92 Å². The average molecular weight is 285 g/mol. The van der Waals surface area contributed by atoms with Crippen LogP contribution in [0.25, 0.3) is 0 Å². The molecule has 0 heterocycles. The molecule has 0 atom stereocenters. The minimum atomic E-state index is -3.01. The second-order valence-corrected chi connectivity index (χ2v) is 12.9. The minimum absolute atomic E-state index is 0.739. The van der Waals surface area contributed by atoms with Crippen molar-refractivity contribution in [3.05, 3.63) is 60.7 Å². The third-order valence-corrected chi connectivity index (χ3v) is 10.6. The molecule has 2 aromatic carbocycles. The van der Waals surface area contributed by atoms with E-state index in [-0.39, 0.29) is 0 Å². The normalized spacial score (nSPS) is 13.9. The SMILES string of the molecule is CCP(Cl)(Cl)(c1ccccc1)c1ccccc1. The first-order valence-electron chi connectivity index (χ1n) is 5.63. The Morgan fingerprint density at radius 1 is 0.765 bits per heavy atom. The first-order valence-corrected chi connectivity index (χ1v) is 9.86. The molecule has 0 aliphatic rings. The zero-order chi connectivity index (χ0) is 12.4. The van der Waals surface area contributed by atoms with Crippen molar-refractivity contribution in [1.82, 2.24) is 0 Å². The molecule has 90 valence electrons. The van der Waals surface area contributed by atoms with Crippen LogP contribution in [0, 0.1) is 0 Å². The summed E-state index contributed by atoms with van der Waals surface area (Å²) < 4.78 is 0. The molecule has 0 nitrogen and oxygen atoms in total. The van der Waals surface area contributed by atoms with Crippen molar-refractivity contribution in [3.63, 3.8) is 0 Å². The van der Waals surface area contributed by atoms with E-state index >= 15 is 0 Å². The molecular formula is C14H15Cl2P. The molecule has 0 saturated carbocycles. The number of hydrogen-bond acceptors (Lipinski definition) is 0. The predicted molar refractivity (Wildman–Crippen MR) is 81.3 cm³/mol. The Morgan fingerprint density at radius 2 is 1.12 bits per heavy atom. The first-order chi connectivity index (χ1) is 8.07. The Bertz CT molecular complexity index is 451. The Kier molecular flexibility index (Phi) is 3.50. The fourth-order valence-electron chi connectivity index (χ4n) is 1.96. The number of benzene rings is 2. The van der Waals surface area contributed by atoms with Gasteiger partial charge in [-0.25, -0.2) is 0 Å². The summed E-state index contributed by atoms with van der Waals surface area (Å²) in [6.45, 7) is 2.05. The molecule has 2 rings (SSSR count). The molecule has 0 aliphatic heterocycles. The van der Waals surface area contributed by atoms with Crippen LogP contribution in [0.5, 0.6) is 0 Å². The van der Waals surface area contributed by atoms with Gasteiger partial charge in [-0.3, -0.25) is 0 Å². The molecule has 17 heavy (non-hydrogen) atoms. The monoisotopic (exact) mass is 284 g/mol. The van der Waals surface area contributed by atoms with E-state index in [1.807, 2.05) is 60.7 Å². The van der Waals surface area contributed by atoms with Crippen molar-refractivity contribution >= 4 is 38.4 Å². The third-order valence-electron chi connectivity index (χ3n) is 3.08. The molecule has 0 radical (unpaired) electrons. The van der Waals surface area contributed by atoms with E-state index in [1.54, 1.807) is 0 Å². The van der Waals surface area contributed by atoms with Crippen LogP contribution in [0.3, 0.4) is 0 Å². The maximum atomic E-state index is 6.93. The van der Waals surface area contributed by atoms with Gasteiger partial charge in [0.2, 0.25) is 0 Å². The van der Waals surface area contributed by atoms with Gasteiger partial charge in [0.1, 0.15) is 0 Å². The first kappa shape index (κ1) is 12.9. The van der Waals surface area contributed by atoms with Gasteiger partial charge in [0.15, 0.2) is 0 Å². The molecule has 0 saturated heterocycles. The zero-order valence-electron chi connectivity index (χ0n) is 9.68. The van der Waals surface area contributed by atoms with Crippen LogP contribution in [-0.2, 0) is 0 Å². The standard InChI is InChI=1S/C14H15Cl2P/c1-2-17(15,16,13-9-5-3-6-10-13)14-11-7-4-8-12-14/h3-12H,2H2,1H3. The Labute approximate surface area is 112 Å². The summed E-state index contributed by atoms with van der Waals surface area (Å²) >= 11 is 13.9. The van der Waals surface area contributed by atoms with Gasteiger partial charge in [-0.15, -0.1) is 0 Å². The second-order valence-electron chi connectivity index (χ2n) is 4.06. The van der Waals surface area contributed by atoms with Crippen molar-refractivity contribution in [2.75, 3.05) is 6.16 Å². The predicted octanol–water partition coefficient (Wildman–Crippen LogP) is 4.52. The Hall–Kier alpha value is -0.550. The van der Waals surface area contributed by atoms with Gasteiger partial charge in [0.05, 0.1) is 0 Å². The van der Waals surface area contributed by atoms with Crippen LogP contribution >= 0.6 is 27.8 Å². The number of halogens is 2. The van der Waals surface area contributed by atoms with Crippen molar-refractivity contribution in [2.45, 2.75) is 6.92 Å². The molecule has 0 aromatic heterocycles. The van der Waals surface area contributed by atoms with Crippen molar-refractivity contribution in [1.29, 1.82) is 0 Å². The van der Waals surface area contributed by atoms with Gasteiger partial charge >= 0.3 is 112 Å². The van der Waals surface area contributed by atoms with Crippen molar-refractivity contribution < 1.29 is 0 Å². The summed E-state index contributed by atoms with van der Waals surface area (Å²) in [5, 5.41) is -0.939. The summed E-state index contributed by atoms with van der Waals surface area (Å²) in [7, 11) is 0. The molecule has 0 fully saturated rings. The summed E-state index contributed by atoms with van der Waals surface area (Å²) in [5.74, 6) is 0. The molecule has 2 aromatic rings. The molecule has 0 aliphatic carbocycles. The topological polar surface area (TPSA) is 0 Å². The molecule has 0 bridgehead atoms. The zero-order valence-corrected chi connectivity index (χ0v) is 12.1. The Morgan fingerprint density at radius 3 is 1.41 bits per heavy atom. The summed E-state index contributed by atoms with van der Waals surface area (Å²) in [5.41, 5.74) is 0. The number of rotatable bonds is 3. The Balaban J connectivity index is 2.65. The van der Waals surface area contributed by atoms with Gasteiger partial charge in [-0.1, -0.05) is 0 Å². The van der Waals surface area contributed by atoms with Crippen molar-refractivity contribution in [3.8, 4) is 0 Å². The van der Waals surface area contributed by atoms with E-state index in [2.05, 4.69) is 6.92 Å². The maximum absolute atomic E-state index is 6.93. The average Bonchev–Trinajstić information content (AvgIpc) is 2.41. The quantitative estimate of drug-likeness (QED) is 0.727. The third kappa shape index (κ3) is 2.22. The van der Waals surface area contributed by atoms with Gasteiger partial charge < -0.3 is 0 Å². The fourth-order valence-corrected chi connectivity index (χ4v) is 5.85. The number of hydrogen-bond donors (Lipinski definition) is 0. The van der Waals surface area contributed by atoms with Gasteiger partial charge in [0.25, 0.3) is 0 Å². The van der Waals surface area contributed by atoms with Gasteiger partial charge in [-0.2, -0.15) is 0 Å². The summed E-state index contributed by atoms with van der Waals surface area (Å²) in [4.78, 5) is 0. The van der Waals surface area contributed by atoms with E-state index < -0.39 is 5.31 Å². The van der Waals surface area contributed by atoms with Gasteiger partial charge in [-0.05, 0) is 0 Å². The van der Waals surface area contributed by atoms with E-state index in [4.69, 9.17) is 22.5 Å². The summed E-state index contributed by atoms with van der Waals surface area (Å²) in [6, 6.07) is 20.0.